The quantitative estimate of drug-likeness (QED) is 0.383. The number of hydrogen-bond donors (Lipinski definition) is 0. The molecular formula is C12H22O2S3. The van der Waals surface area contributed by atoms with Gasteiger partial charge in [-0.1, -0.05) is 28.0 Å². The first kappa shape index (κ1) is 15.6. The maximum absolute atomic E-state index is 11.4. The molecule has 0 amide bonds. The van der Waals surface area contributed by atoms with Gasteiger partial charge in [-0.05, 0) is 32.4 Å². The average Bonchev–Trinajstić information content (AvgIpc) is 2.73. The average molecular weight is 295 g/mol. The third-order valence-electron chi connectivity index (χ3n) is 2.86. The molecule has 1 heterocycles. The second kappa shape index (κ2) is 8.59. The molecule has 5 heteroatoms. The van der Waals surface area contributed by atoms with Crippen LogP contribution in [0.25, 0.3) is 0 Å². The van der Waals surface area contributed by atoms with Gasteiger partial charge in [-0.3, -0.25) is 4.79 Å². The summed E-state index contributed by atoms with van der Waals surface area (Å²) in [7, 11) is 4.00. The van der Waals surface area contributed by atoms with Gasteiger partial charge in [-0.2, -0.15) is 11.8 Å². The molecule has 1 rings (SSSR count). The molecule has 100 valence electrons. The minimum atomic E-state index is -0.0300. The van der Waals surface area contributed by atoms with Crippen LogP contribution in [0.3, 0.4) is 0 Å². The van der Waals surface area contributed by atoms with E-state index in [2.05, 4.69) is 6.92 Å². The molecule has 1 aliphatic rings. The second-order valence-corrected chi connectivity index (χ2v) is 8.51. The predicted octanol–water partition coefficient (Wildman–Crippen LogP) is 4.00. The molecular weight excluding hydrogens is 272 g/mol. The first-order chi connectivity index (χ1) is 8.16. The van der Waals surface area contributed by atoms with Gasteiger partial charge in [0, 0.05) is 22.7 Å². The molecule has 0 unspecified atom stereocenters. The van der Waals surface area contributed by atoms with Crippen LogP contribution >= 0.6 is 33.3 Å². The lowest BCUT2D eigenvalue weighted by atomic mass is 9.99. The molecule has 0 saturated carbocycles. The molecule has 0 aromatic carbocycles. The number of thioether (sulfide) groups is 1. The Balaban J connectivity index is 1.98. The fraction of sp³-hybridized carbons (Fsp3) is 0.917. The van der Waals surface area contributed by atoms with Crippen molar-refractivity contribution in [2.45, 2.75) is 43.8 Å². The number of carbonyl (C=O) groups is 1. The molecule has 0 bridgehead atoms. The van der Waals surface area contributed by atoms with Crippen molar-refractivity contribution < 1.29 is 9.53 Å². The Kier molecular flexibility index (Phi) is 7.87. The minimum Gasteiger partial charge on any atom is -0.465 e. The molecule has 0 aliphatic carbocycles. The van der Waals surface area contributed by atoms with Crippen LogP contribution in [-0.2, 0) is 9.53 Å². The Hall–Kier alpha value is 0.520. The molecule has 1 aliphatic heterocycles. The van der Waals surface area contributed by atoms with Crippen LogP contribution in [0.4, 0.5) is 0 Å². The Morgan fingerprint density at radius 1 is 1.47 bits per heavy atom. The lowest BCUT2D eigenvalue weighted by Crippen LogP contribution is -2.15. The van der Waals surface area contributed by atoms with Gasteiger partial charge in [0.05, 0.1) is 0 Å². The monoisotopic (exact) mass is 294 g/mol. The third kappa shape index (κ3) is 6.87. The molecule has 1 fully saturated rings. The van der Waals surface area contributed by atoms with E-state index in [9.17, 15) is 4.79 Å². The van der Waals surface area contributed by atoms with Crippen molar-refractivity contribution in [1.82, 2.24) is 0 Å². The largest absolute Gasteiger partial charge is 0.465 e. The Labute approximate surface area is 117 Å². The van der Waals surface area contributed by atoms with Crippen LogP contribution in [0, 0.1) is 0 Å². The standard InChI is InChI=1S/C12H22O2S3/c1-12(7-9-16-17-12)6-4-3-5-11(13)14-8-10-15-2/h3-10H2,1-2H3/t12-/m1/s1. The van der Waals surface area contributed by atoms with Crippen molar-refractivity contribution in [3.05, 3.63) is 0 Å². The van der Waals surface area contributed by atoms with E-state index in [4.69, 9.17) is 4.74 Å². The zero-order valence-corrected chi connectivity index (χ0v) is 13.1. The number of carbonyl (C=O) groups excluding carboxylic acids is 1. The lowest BCUT2D eigenvalue weighted by Gasteiger charge is -2.20. The fourth-order valence-electron chi connectivity index (χ4n) is 1.73. The highest BCUT2D eigenvalue weighted by molar-refractivity contribution is 8.77. The number of hydrogen-bond acceptors (Lipinski definition) is 5. The molecule has 0 N–H and O–H groups in total. The number of unbranched alkanes of at least 4 members (excludes halogenated alkanes) is 1. The predicted molar refractivity (Wildman–Crippen MR) is 80.9 cm³/mol. The first-order valence-electron chi connectivity index (χ1n) is 6.11. The topological polar surface area (TPSA) is 26.3 Å². The summed E-state index contributed by atoms with van der Waals surface area (Å²) in [5, 5.41) is 0. The highest BCUT2D eigenvalue weighted by Gasteiger charge is 2.29. The van der Waals surface area contributed by atoms with Crippen LogP contribution in [0.2, 0.25) is 0 Å². The first-order valence-corrected chi connectivity index (χ1v) is 9.83. The van der Waals surface area contributed by atoms with E-state index in [1.54, 1.807) is 11.8 Å². The van der Waals surface area contributed by atoms with Crippen LogP contribution in [0.15, 0.2) is 0 Å². The van der Waals surface area contributed by atoms with Gasteiger partial charge in [0.15, 0.2) is 0 Å². The number of ether oxygens (including phenoxy) is 1. The number of esters is 1. The Morgan fingerprint density at radius 2 is 2.29 bits per heavy atom. The smallest absolute Gasteiger partial charge is 0.305 e. The zero-order valence-electron chi connectivity index (χ0n) is 10.7. The van der Waals surface area contributed by atoms with E-state index >= 15 is 0 Å². The lowest BCUT2D eigenvalue weighted by molar-refractivity contribution is -0.143. The summed E-state index contributed by atoms with van der Waals surface area (Å²) in [5.74, 6) is 2.15. The summed E-state index contributed by atoms with van der Waals surface area (Å²) in [5.41, 5.74) is 0. The van der Waals surface area contributed by atoms with Crippen molar-refractivity contribution >= 4 is 39.3 Å². The Bertz CT molecular complexity index is 228. The molecule has 1 atom stereocenters. The van der Waals surface area contributed by atoms with Crippen molar-refractivity contribution in [2.24, 2.45) is 0 Å². The van der Waals surface area contributed by atoms with Gasteiger partial charge >= 0.3 is 5.97 Å². The van der Waals surface area contributed by atoms with Crippen molar-refractivity contribution in [3.8, 4) is 0 Å². The van der Waals surface area contributed by atoms with E-state index in [0.717, 1.165) is 18.6 Å². The van der Waals surface area contributed by atoms with Gasteiger partial charge < -0.3 is 4.74 Å². The highest BCUT2D eigenvalue weighted by atomic mass is 33.1. The summed E-state index contributed by atoms with van der Waals surface area (Å²) < 4.78 is 5.56. The van der Waals surface area contributed by atoms with Crippen LogP contribution in [0.1, 0.15) is 39.0 Å². The van der Waals surface area contributed by atoms with E-state index in [-0.39, 0.29) is 5.97 Å². The SMILES string of the molecule is CSCCOC(=O)CCCC[C@]1(C)CCSS1. The summed E-state index contributed by atoms with van der Waals surface area (Å²) in [6.07, 6.45) is 7.25. The maximum atomic E-state index is 11.4. The van der Waals surface area contributed by atoms with Crippen molar-refractivity contribution in [1.29, 1.82) is 0 Å². The maximum Gasteiger partial charge on any atom is 0.305 e. The zero-order chi connectivity index (χ0) is 12.6. The molecule has 0 radical (unpaired) electrons. The van der Waals surface area contributed by atoms with Crippen molar-refractivity contribution in [2.75, 3.05) is 24.4 Å². The summed E-state index contributed by atoms with van der Waals surface area (Å²) >= 11 is 1.71. The molecule has 1 saturated heterocycles. The molecule has 17 heavy (non-hydrogen) atoms. The molecule has 0 aromatic heterocycles. The van der Waals surface area contributed by atoms with Crippen LogP contribution in [0.5, 0.6) is 0 Å². The summed E-state index contributed by atoms with van der Waals surface area (Å²) in [4.78, 5) is 11.4. The van der Waals surface area contributed by atoms with Crippen LogP contribution < -0.4 is 0 Å². The van der Waals surface area contributed by atoms with Crippen LogP contribution in [-0.4, -0.2) is 35.1 Å². The molecule has 2 nitrogen and oxygen atoms in total. The third-order valence-corrected chi connectivity index (χ3v) is 6.80. The van der Waals surface area contributed by atoms with E-state index in [1.807, 2.05) is 27.8 Å². The summed E-state index contributed by atoms with van der Waals surface area (Å²) in [6, 6.07) is 0. The second-order valence-electron chi connectivity index (χ2n) is 4.53. The minimum absolute atomic E-state index is 0.0300. The highest BCUT2D eigenvalue weighted by Crippen LogP contribution is 2.49. The van der Waals surface area contributed by atoms with E-state index in [1.165, 1.54) is 18.6 Å². The molecule has 0 spiro atoms. The summed E-state index contributed by atoms with van der Waals surface area (Å²) in [6.45, 7) is 2.90. The van der Waals surface area contributed by atoms with Gasteiger partial charge in [0.1, 0.15) is 6.61 Å². The Morgan fingerprint density at radius 3 is 2.94 bits per heavy atom. The van der Waals surface area contributed by atoms with Gasteiger partial charge in [-0.15, -0.1) is 0 Å². The molecule has 0 aromatic rings. The fourth-order valence-corrected chi connectivity index (χ4v) is 5.28. The van der Waals surface area contributed by atoms with Gasteiger partial charge in [0.25, 0.3) is 0 Å². The van der Waals surface area contributed by atoms with E-state index in [0.29, 0.717) is 17.8 Å². The van der Waals surface area contributed by atoms with Gasteiger partial charge in [-0.25, -0.2) is 0 Å². The van der Waals surface area contributed by atoms with Crippen molar-refractivity contribution in [3.63, 3.8) is 0 Å². The number of rotatable bonds is 8. The van der Waals surface area contributed by atoms with Gasteiger partial charge in [0.2, 0.25) is 0 Å². The van der Waals surface area contributed by atoms with E-state index < -0.39 is 0 Å². The normalized spacial score (nSPS) is 23.9.